The van der Waals surface area contributed by atoms with Crippen LogP contribution in [0, 0.1) is 18.3 Å². The minimum atomic E-state index is 0.474. The van der Waals surface area contributed by atoms with Gasteiger partial charge in [0.05, 0.1) is 11.6 Å². The lowest BCUT2D eigenvalue weighted by atomic mass is 10.1. The highest BCUT2D eigenvalue weighted by Gasteiger charge is 2.32. The maximum absolute atomic E-state index is 8.88. The van der Waals surface area contributed by atoms with Gasteiger partial charge >= 0.3 is 0 Å². The van der Waals surface area contributed by atoms with Gasteiger partial charge in [0.2, 0.25) is 5.65 Å². The smallest absolute Gasteiger partial charge is 0.203 e. The van der Waals surface area contributed by atoms with Crippen molar-refractivity contribution >= 4 is 11.5 Å². The second-order valence-electron chi connectivity index (χ2n) is 6.47. The van der Waals surface area contributed by atoms with Crippen molar-refractivity contribution in [3.63, 3.8) is 0 Å². The third kappa shape index (κ3) is 2.81. The molecule has 0 bridgehead atoms. The van der Waals surface area contributed by atoms with Gasteiger partial charge in [-0.05, 0) is 31.7 Å². The Morgan fingerprint density at radius 1 is 1.24 bits per heavy atom. The van der Waals surface area contributed by atoms with Crippen molar-refractivity contribution in [2.45, 2.75) is 19.5 Å². The number of nitriles is 1. The number of hydrogen-bond acceptors (Lipinski definition) is 6. The van der Waals surface area contributed by atoms with Gasteiger partial charge in [-0.25, -0.2) is 4.98 Å². The molecule has 0 unspecified atom stereocenters. The van der Waals surface area contributed by atoms with Crippen LogP contribution in [0.1, 0.15) is 17.0 Å². The van der Waals surface area contributed by atoms with Gasteiger partial charge in [0.25, 0.3) is 0 Å². The first kappa shape index (κ1) is 15.5. The maximum Gasteiger partial charge on any atom is 0.203 e. The molecule has 2 aromatic heterocycles. The molecule has 0 amide bonds. The van der Waals surface area contributed by atoms with Crippen LogP contribution in [-0.4, -0.2) is 50.7 Å². The number of anilines is 1. The van der Waals surface area contributed by atoms with Crippen molar-refractivity contribution in [2.75, 3.05) is 25.0 Å². The van der Waals surface area contributed by atoms with E-state index >= 15 is 0 Å². The van der Waals surface area contributed by atoms with Crippen LogP contribution >= 0.6 is 0 Å². The van der Waals surface area contributed by atoms with E-state index in [4.69, 9.17) is 5.26 Å². The Kier molecular flexibility index (Phi) is 3.82. The van der Waals surface area contributed by atoms with Gasteiger partial charge in [-0.2, -0.15) is 5.26 Å². The SMILES string of the molecule is Cc1nnc2c(N3CC(N(C)Cc4ccc(C#N)cc4)C3)nccn12. The normalized spacial score (nSPS) is 14.7. The van der Waals surface area contributed by atoms with Gasteiger partial charge in [-0.15, -0.1) is 10.2 Å². The highest BCUT2D eigenvalue weighted by Crippen LogP contribution is 2.25. The Morgan fingerprint density at radius 2 is 2.00 bits per heavy atom. The fourth-order valence-electron chi connectivity index (χ4n) is 3.16. The first-order chi connectivity index (χ1) is 12.2. The predicted molar refractivity (Wildman–Crippen MR) is 94.1 cm³/mol. The summed E-state index contributed by atoms with van der Waals surface area (Å²) in [6.45, 7) is 4.65. The van der Waals surface area contributed by atoms with Crippen molar-refractivity contribution in [3.8, 4) is 6.07 Å². The number of likely N-dealkylation sites (N-methyl/N-ethyl adjacent to an activating group) is 1. The Hall–Kier alpha value is -2.98. The molecule has 0 radical (unpaired) electrons. The molecule has 1 saturated heterocycles. The Bertz CT molecular complexity index is 932. The van der Waals surface area contributed by atoms with Crippen LogP contribution in [0.3, 0.4) is 0 Å². The summed E-state index contributed by atoms with van der Waals surface area (Å²) in [6, 6.07) is 10.4. The molecule has 0 atom stereocenters. The average molecular weight is 333 g/mol. The maximum atomic E-state index is 8.88. The molecular weight excluding hydrogens is 314 g/mol. The number of rotatable bonds is 4. The lowest BCUT2D eigenvalue weighted by Gasteiger charge is -2.44. The predicted octanol–water partition coefficient (Wildman–Crippen LogP) is 1.62. The summed E-state index contributed by atoms with van der Waals surface area (Å²) in [5.41, 5.74) is 2.73. The number of aryl methyl sites for hydroxylation is 1. The molecule has 7 heteroatoms. The molecule has 0 spiro atoms. The first-order valence-electron chi connectivity index (χ1n) is 8.26. The van der Waals surface area contributed by atoms with Crippen LogP contribution in [0.2, 0.25) is 0 Å². The molecule has 25 heavy (non-hydrogen) atoms. The Labute approximate surface area is 146 Å². The van der Waals surface area contributed by atoms with E-state index in [1.54, 1.807) is 6.20 Å². The molecule has 7 nitrogen and oxygen atoms in total. The minimum Gasteiger partial charge on any atom is -0.350 e. The molecule has 1 aliphatic heterocycles. The molecule has 0 N–H and O–H groups in total. The second-order valence-corrected chi connectivity index (χ2v) is 6.47. The largest absolute Gasteiger partial charge is 0.350 e. The summed E-state index contributed by atoms with van der Waals surface area (Å²) < 4.78 is 1.97. The standard InChI is InChI=1S/C18H19N7/c1-13-21-22-18-17(20-7-8-25(13)18)24-11-16(12-24)23(2)10-15-5-3-14(9-19)4-6-15/h3-8,16H,10-12H2,1-2H3. The van der Waals surface area contributed by atoms with E-state index < -0.39 is 0 Å². The van der Waals surface area contributed by atoms with Crippen molar-refractivity contribution in [1.82, 2.24) is 24.5 Å². The highest BCUT2D eigenvalue weighted by molar-refractivity contribution is 5.65. The van der Waals surface area contributed by atoms with Gasteiger partial charge < -0.3 is 4.90 Å². The van der Waals surface area contributed by atoms with E-state index in [-0.39, 0.29) is 0 Å². The summed E-state index contributed by atoms with van der Waals surface area (Å²) in [5.74, 6) is 1.76. The molecule has 1 aliphatic rings. The third-order valence-electron chi connectivity index (χ3n) is 4.78. The van der Waals surface area contributed by atoms with E-state index in [1.807, 2.05) is 41.8 Å². The van der Waals surface area contributed by atoms with Gasteiger partial charge in [0, 0.05) is 38.1 Å². The van der Waals surface area contributed by atoms with Gasteiger partial charge in [0.1, 0.15) is 5.82 Å². The van der Waals surface area contributed by atoms with Crippen LogP contribution < -0.4 is 4.90 Å². The summed E-state index contributed by atoms with van der Waals surface area (Å²) in [5, 5.41) is 17.3. The van der Waals surface area contributed by atoms with Gasteiger partial charge in [-0.3, -0.25) is 9.30 Å². The quantitative estimate of drug-likeness (QED) is 0.722. The van der Waals surface area contributed by atoms with Gasteiger partial charge in [-0.1, -0.05) is 12.1 Å². The minimum absolute atomic E-state index is 0.474. The number of hydrogen-bond donors (Lipinski definition) is 0. The fourth-order valence-corrected chi connectivity index (χ4v) is 3.16. The van der Waals surface area contributed by atoms with E-state index in [9.17, 15) is 0 Å². The topological polar surface area (TPSA) is 73.3 Å². The molecule has 4 rings (SSSR count). The zero-order valence-electron chi connectivity index (χ0n) is 14.3. The Balaban J connectivity index is 1.41. The molecule has 3 heterocycles. The van der Waals surface area contributed by atoms with E-state index in [1.165, 1.54) is 5.56 Å². The lowest BCUT2D eigenvalue weighted by Crippen LogP contribution is -2.58. The molecule has 0 aliphatic carbocycles. The zero-order chi connectivity index (χ0) is 17.4. The van der Waals surface area contributed by atoms with Crippen molar-refractivity contribution in [2.24, 2.45) is 0 Å². The van der Waals surface area contributed by atoms with E-state index in [0.29, 0.717) is 11.6 Å². The highest BCUT2D eigenvalue weighted by atomic mass is 15.4. The first-order valence-corrected chi connectivity index (χ1v) is 8.26. The summed E-state index contributed by atoms with van der Waals surface area (Å²) in [4.78, 5) is 9.07. The second kappa shape index (κ2) is 6.15. The van der Waals surface area contributed by atoms with Crippen LogP contribution in [-0.2, 0) is 6.54 Å². The van der Waals surface area contributed by atoms with Crippen molar-refractivity contribution in [1.29, 1.82) is 5.26 Å². The van der Waals surface area contributed by atoms with Crippen LogP contribution in [0.25, 0.3) is 5.65 Å². The van der Waals surface area contributed by atoms with E-state index in [2.05, 4.69) is 38.1 Å². The molecule has 1 aromatic carbocycles. The number of benzene rings is 1. The molecule has 1 fully saturated rings. The molecule has 0 saturated carbocycles. The average Bonchev–Trinajstić information content (AvgIpc) is 2.96. The van der Waals surface area contributed by atoms with Crippen LogP contribution in [0.5, 0.6) is 0 Å². The number of nitrogens with zero attached hydrogens (tertiary/aromatic N) is 7. The van der Waals surface area contributed by atoms with E-state index in [0.717, 1.165) is 36.9 Å². The number of fused-ring (bicyclic) bond motifs is 1. The number of aromatic nitrogens is 4. The summed E-state index contributed by atoms with van der Waals surface area (Å²) >= 11 is 0. The van der Waals surface area contributed by atoms with Crippen molar-refractivity contribution in [3.05, 3.63) is 53.6 Å². The summed E-state index contributed by atoms with van der Waals surface area (Å²) in [7, 11) is 2.13. The molecular formula is C18H19N7. The monoisotopic (exact) mass is 333 g/mol. The van der Waals surface area contributed by atoms with Crippen LogP contribution in [0.15, 0.2) is 36.7 Å². The molecule has 3 aromatic rings. The summed E-state index contributed by atoms with van der Waals surface area (Å²) in [6.07, 6.45) is 3.69. The zero-order valence-corrected chi connectivity index (χ0v) is 14.3. The lowest BCUT2D eigenvalue weighted by molar-refractivity contribution is 0.197. The fraction of sp³-hybridized carbons (Fsp3) is 0.333. The Morgan fingerprint density at radius 3 is 2.72 bits per heavy atom. The molecule has 126 valence electrons. The van der Waals surface area contributed by atoms with Crippen LogP contribution in [0.4, 0.5) is 5.82 Å². The third-order valence-corrected chi connectivity index (χ3v) is 4.78. The van der Waals surface area contributed by atoms with Gasteiger partial charge in [0.15, 0.2) is 5.82 Å². The van der Waals surface area contributed by atoms with Crippen molar-refractivity contribution < 1.29 is 0 Å².